The average molecular weight is 376 g/mol. The van der Waals surface area contributed by atoms with Crippen LogP contribution < -0.4 is 9.47 Å². The van der Waals surface area contributed by atoms with E-state index in [2.05, 4.69) is 4.90 Å². The third-order valence-corrected chi connectivity index (χ3v) is 5.36. The van der Waals surface area contributed by atoms with Crippen molar-refractivity contribution in [2.24, 2.45) is 5.92 Å². The van der Waals surface area contributed by atoms with E-state index in [1.807, 2.05) is 0 Å². The van der Waals surface area contributed by atoms with Crippen molar-refractivity contribution in [3.63, 3.8) is 0 Å². The molecule has 0 aromatic heterocycles. The minimum Gasteiger partial charge on any atom is -0.493 e. The van der Waals surface area contributed by atoms with Crippen LogP contribution in [0.1, 0.15) is 34.2 Å². The molecule has 1 aliphatic heterocycles. The number of hydrogen-bond donors (Lipinski definition) is 1. The highest BCUT2D eigenvalue weighted by molar-refractivity contribution is 5.47. The molecular weight excluding hydrogens is 345 g/mol. The molecular formula is C22H28FNO3. The highest BCUT2D eigenvalue weighted by atomic mass is 19.1. The standard InChI is InChI=1S/C22H28FNO3/c1-26-20-5-3-4-19(22(20)27-2)21(25)17-11-14-24(15-12-17)13-10-16-6-8-18(23)9-7-16/h3-9,17,21,25H,10-15H2,1-2H3/t21-/m1/s1/i2D3. The van der Waals surface area contributed by atoms with Crippen LogP contribution in [0.15, 0.2) is 42.5 Å². The maximum atomic E-state index is 13.0. The van der Waals surface area contributed by atoms with Gasteiger partial charge in [-0.05, 0) is 62.0 Å². The lowest BCUT2D eigenvalue weighted by molar-refractivity contribution is 0.0573. The molecule has 1 aliphatic rings. The predicted molar refractivity (Wildman–Crippen MR) is 104 cm³/mol. The Labute approximate surface area is 164 Å². The Balaban J connectivity index is 1.61. The molecule has 0 saturated carbocycles. The fourth-order valence-corrected chi connectivity index (χ4v) is 3.72. The smallest absolute Gasteiger partial charge is 0.166 e. The molecule has 0 bridgehead atoms. The first kappa shape index (κ1) is 15.9. The Bertz CT molecular complexity index is 821. The van der Waals surface area contributed by atoms with E-state index in [0.29, 0.717) is 11.3 Å². The largest absolute Gasteiger partial charge is 0.493 e. The molecule has 1 heterocycles. The van der Waals surface area contributed by atoms with Gasteiger partial charge in [-0.15, -0.1) is 0 Å². The van der Waals surface area contributed by atoms with Crippen LogP contribution >= 0.6 is 0 Å². The predicted octanol–water partition coefficient (Wildman–Crippen LogP) is 3.83. The van der Waals surface area contributed by atoms with E-state index < -0.39 is 13.1 Å². The molecule has 0 unspecified atom stereocenters. The SMILES string of the molecule is [2H]C([2H])([2H])Oc1c(OC)cccc1[C@H](O)C1CCN(CCc2ccc(F)cc2)CC1. The number of aliphatic hydroxyl groups excluding tert-OH is 1. The number of likely N-dealkylation sites (tertiary alicyclic amines) is 1. The summed E-state index contributed by atoms with van der Waals surface area (Å²) in [4.78, 5) is 2.33. The fraction of sp³-hybridized carbons (Fsp3) is 0.455. The minimum absolute atomic E-state index is 0.00173. The minimum atomic E-state index is -2.63. The summed E-state index contributed by atoms with van der Waals surface area (Å²) in [6, 6.07) is 11.6. The molecule has 5 heteroatoms. The summed E-state index contributed by atoms with van der Waals surface area (Å²) in [5.41, 5.74) is 1.54. The van der Waals surface area contributed by atoms with E-state index in [-0.39, 0.29) is 17.5 Å². The van der Waals surface area contributed by atoms with Crippen molar-refractivity contribution >= 4 is 0 Å². The van der Waals surface area contributed by atoms with Crippen LogP contribution in [-0.2, 0) is 6.42 Å². The van der Waals surface area contributed by atoms with Gasteiger partial charge in [-0.3, -0.25) is 0 Å². The summed E-state index contributed by atoms with van der Waals surface area (Å²) in [5.74, 6) is 0.136. The summed E-state index contributed by atoms with van der Waals surface area (Å²) >= 11 is 0. The molecule has 1 fully saturated rings. The van der Waals surface area contributed by atoms with Crippen LogP contribution in [-0.4, -0.2) is 43.8 Å². The van der Waals surface area contributed by atoms with E-state index in [9.17, 15) is 9.50 Å². The fourth-order valence-electron chi connectivity index (χ4n) is 3.72. The first-order valence-electron chi connectivity index (χ1n) is 10.8. The first-order valence-corrected chi connectivity index (χ1v) is 9.27. The summed E-state index contributed by atoms with van der Waals surface area (Å²) in [6.45, 7) is 2.55. The summed E-state index contributed by atoms with van der Waals surface area (Å²) < 4.78 is 45.7. The molecule has 27 heavy (non-hydrogen) atoms. The summed E-state index contributed by atoms with van der Waals surface area (Å²) in [7, 11) is -1.19. The number of para-hydroxylation sites is 1. The normalized spacial score (nSPS) is 19.0. The van der Waals surface area contributed by atoms with Crippen molar-refractivity contribution in [2.45, 2.75) is 25.4 Å². The topological polar surface area (TPSA) is 41.9 Å². The quantitative estimate of drug-likeness (QED) is 0.797. The zero-order valence-corrected chi connectivity index (χ0v) is 15.5. The maximum absolute atomic E-state index is 13.0. The van der Waals surface area contributed by atoms with E-state index in [0.717, 1.165) is 44.5 Å². The maximum Gasteiger partial charge on any atom is 0.166 e. The molecule has 0 spiro atoms. The zero-order valence-electron chi connectivity index (χ0n) is 18.5. The number of aliphatic hydroxyl groups is 1. The van der Waals surface area contributed by atoms with Crippen LogP contribution in [0, 0.1) is 11.7 Å². The molecule has 0 amide bonds. The van der Waals surface area contributed by atoms with Gasteiger partial charge < -0.3 is 19.5 Å². The Kier molecular flexibility index (Phi) is 5.42. The molecule has 3 rings (SSSR count). The van der Waals surface area contributed by atoms with Gasteiger partial charge in [0.1, 0.15) is 5.82 Å². The number of hydrogen-bond acceptors (Lipinski definition) is 4. The number of piperidine rings is 1. The molecule has 0 aliphatic carbocycles. The average Bonchev–Trinajstić information content (AvgIpc) is 2.72. The Hall–Kier alpha value is -2.11. The van der Waals surface area contributed by atoms with Gasteiger partial charge >= 0.3 is 0 Å². The highest BCUT2D eigenvalue weighted by Gasteiger charge is 2.28. The first-order chi connectivity index (χ1) is 14.3. The van der Waals surface area contributed by atoms with Gasteiger partial charge in [0.15, 0.2) is 11.5 Å². The van der Waals surface area contributed by atoms with Gasteiger partial charge in [-0.1, -0.05) is 24.3 Å². The van der Waals surface area contributed by atoms with Crippen molar-refractivity contribution in [1.82, 2.24) is 4.90 Å². The molecule has 4 nitrogen and oxygen atoms in total. The summed E-state index contributed by atoms with van der Waals surface area (Å²) in [6.07, 6.45) is 1.58. The second-order valence-electron chi connectivity index (χ2n) is 6.98. The van der Waals surface area contributed by atoms with Crippen molar-refractivity contribution in [3.05, 3.63) is 59.4 Å². The lowest BCUT2D eigenvalue weighted by Gasteiger charge is -2.34. The monoisotopic (exact) mass is 376 g/mol. The highest BCUT2D eigenvalue weighted by Crippen LogP contribution is 2.39. The van der Waals surface area contributed by atoms with E-state index in [4.69, 9.17) is 13.6 Å². The lowest BCUT2D eigenvalue weighted by Crippen LogP contribution is -2.36. The van der Waals surface area contributed by atoms with E-state index >= 15 is 0 Å². The van der Waals surface area contributed by atoms with Gasteiger partial charge in [0.25, 0.3) is 0 Å². The van der Waals surface area contributed by atoms with Gasteiger partial charge in [0, 0.05) is 12.1 Å². The Morgan fingerprint density at radius 2 is 1.93 bits per heavy atom. The molecule has 0 radical (unpaired) electrons. The number of ether oxygens (including phenoxy) is 2. The number of nitrogens with zero attached hydrogens (tertiary/aromatic N) is 1. The number of methoxy groups -OCH3 is 2. The van der Waals surface area contributed by atoms with E-state index in [1.165, 1.54) is 19.2 Å². The van der Waals surface area contributed by atoms with Crippen molar-refractivity contribution in [1.29, 1.82) is 0 Å². The van der Waals surface area contributed by atoms with Gasteiger partial charge in [0.2, 0.25) is 0 Å². The van der Waals surface area contributed by atoms with Crippen LogP contribution in [0.5, 0.6) is 11.5 Å². The van der Waals surface area contributed by atoms with Crippen LogP contribution in [0.4, 0.5) is 4.39 Å². The van der Waals surface area contributed by atoms with Gasteiger partial charge in [-0.25, -0.2) is 4.39 Å². The number of halogens is 1. The third-order valence-electron chi connectivity index (χ3n) is 5.36. The van der Waals surface area contributed by atoms with Gasteiger partial charge in [0.05, 0.1) is 24.4 Å². The van der Waals surface area contributed by atoms with Gasteiger partial charge in [-0.2, -0.15) is 0 Å². The second-order valence-corrected chi connectivity index (χ2v) is 6.98. The Morgan fingerprint density at radius 3 is 2.59 bits per heavy atom. The molecule has 2 aromatic carbocycles. The molecule has 1 N–H and O–H groups in total. The van der Waals surface area contributed by atoms with Crippen molar-refractivity contribution < 1.29 is 23.1 Å². The number of benzene rings is 2. The van der Waals surface area contributed by atoms with Crippen LogP contribution in [0.25, 0.3) is 0 Å². The molecule has 1 atom stereocenters. The zero-order chi connectivity index (χ0) is 21.7. The second kappa shape index (κ2) is 9.20. The third kappa shape index (κ3) is 4.79. The molecule has 2 aromatic rings. The van der Waals surface area contributed by atoms with Crippen LogP contribution in [0.3, 0.4) is 0 Å². The van der Waals surface area contributed by atoms with Crippen molar-refractivity contribution in [2.75, 3.05) is 33.8 Å². The lowest BCUT2D eigenvalue weighted by atomic mass is 9.87. The summed E-state index contributed by atoms with van der Waals surface area (Å²) in [5, 5.41) is 11.0. The van der Waals surface area contributed by atoms with E-state index in [1.54, 1.807) is 30.3 Å². The number of rotatable bonds is 7. The molecule has 146 valence electrons. The Morgan fingerprint density at radius 1 is 1.19 bits per heavy atom. The van der Waals surface area contributed by atoms with Crippen molar-refractivity contribution in [3.8, 4) is 11.5 Å². The molecule has 1 saturated heterocycles. The van der Waals surface area contributed by atoms with Crippen LogP contribution in [0.2, 0.25) is 0 Å².